The minimum absolute atomic E-state index is 0.0703. The molecule has 0 saturated carbocycles. The summed E-state index contributed by atoms with van der Waals surface area (Å²) in [6, 6.07) is 2.27. The summed E-state index contributed by atoms with van der Waals surface area (Å²) in [4.78, 5) is 23.4. The smallest absolute Gasteiger partial charge is 0.338 e. The lowest BCUT2D eigenvalue weighted by atomic mass is 9.93. The number of anilines is 1. The second-order valence-corrected chi connectivity index (χ2v) is 6.13. The zero-order valence-electron chi connectivity index (χ0n) is 11.2. The van der Waals surface area contributed by atoms with E-state index < -0.39 is 10.9 Å². The normalized spacial score (nSPS) is 17.2. The number of halogens is 1. The van der Waals surface area contributed by atoms with Crippen LogP contribution in [0.4, 0.5) is 11.4 Å². The predicted molar refractivity (Wildman–Crippen MR) is 75.7 cm³/mol. The fraction of sp³-hybridized carbons (Fsp3) is 0.462. The first kappa shape index (κ1) is 14.6. The molecule has 108 valence electrons. The van der Waals surface area contributed by atoms with Crippen LogP contribution < -0.4 is 4.90 Å². The number of nitro benzene ring substituents is 1. The number of hydrogen-bond acceptors (Lipinski definition) is 4. The van der Waals surface area contributed by atoms with E-state index in [4.69, 9.17) is 11.6 Å². The van der Waals surface area contributed by atoms with Gasteiger partial charge >= 0.3 is 5.97 Å². The maximum Gasteiger partial charge on any atom is 0.338 e. The standard InChI is InChI=1S/C13H15ClN2O4/c1-13(2)3-4-15(7-13)11-9(12(17)18)5-8(16(19)20)6-10(11)14/h5-6H,3-4,7H2,1-2H3,(H,17,18). The zero-order chi connectivity index (χ0) is 15.1. The van der Waals surface area contributed by atoms with Crippen LogP contribution >= 0.6 is 11.6 Å². The Labute approximate surface area is 121 Å². The van der Waals surface area contributed by atoms with Crippen molar-refractivity contribution in [2.24, 2.45) is 5.41 Å². The maximum absolute atomic E-state index is 11.4. The van der Waals surface area contributed by atoms with Gasteiger partial charge in [-0.25, -0.2) is 4.79 Å². The minimum atomic E-state index is -1.21. The molecule has 1 fully saturated rings. The Hall–Kier alpha value is -1.82. The largest absolute Gasteiger partial charge is 0.478 e. The molecular formula is C13H15ClN2O4. The van der Waals surface area contributed by atoms with E-state index in [1.54, 1.807) is 0 Å². The summed E-state index contributed by atoms with van der Waals surface area (Å²) in [7, 11) is 0. The van der Waals surface area contributed by atoms with Crippen LogP contribution in [0.2, 0.25) is 5.02 Å². The molecule has 2 rings (SSSR count). The quantitative estimate of drug-likeness (QED) is 0.684. The lowest BCUT2D eigenvalue weighted by Crippen LogP contribution is -2.25. The van der Waals surface area contributed by atoms with Gasteiger partial charge in [-0.05, 0) is 11.8 Å². The number of nitrogens with zero attached hydrogens (tertiary/aromatic N) is 2. The van der Waals surface area contributed by atoms with Crippen LogP contribution in [0.1, 0.15) is 30.6 Å². The van der Waals surface area contributed by atoms with Gasteiger partial charge in [0.25, 0.3) is 5.69 Å². The van der Waals surface area contributed by atoms with Gasteiger partial charge in [-0.1, -0.05) is 25.4 Å². The van der Waals surface area contributed by atoms with Crippen LogP contribution in [0, 0.1) is 15.5 Å². The number of non-ortho nitro benzene ring substituents is 1. The summed E-state index contributed by atoms with van der Waals surface area (Å²) in [5, 5.41) is 20.2. The third kappa shape index (κ3) is 2.70. The number of aromatic carboxylic acids is 1. The van der Waals surface area contributed by atoms with Crippen LogP contribution in [0.5, 0.6) is 0 Å². The summed E-state index contributed by atoms with van der Waals surface area (Å²) in [6.45, 7) is 5.54. The van der Waals surface area contributed by atoms with Gasteiger partial charge in [0.2, 0.25) is 0 Å². The average Bonchev–Trinajstić information content (AvgIpc) is 2.67. The first-order valence-corrected chi connectivity index (χ1v) is 6.55. The molecule has 0 spiro atoms. The molecule has 1 aliphatic rings. The molecule has 0 aromatic heterocycles. The van der Waals surface area contributed by atoms with Crippen molar-refractivity contribution < 1.29 is 14.8 Å². The highest BCUT2D eigenvalue weighted by atomic mass is 35.5. The van der Waals surface area contributed by atoms with Crippen molar-refractivity contribution in [1.82, 2.24) is 0 Å². The van der Waals surface area contributed by atoms with Gasteiger partial charge in [-0.15, -0.1) is 0 Å². The number of carbonyl (C=O) groups is 1. The third-order valence-corrected chi connectivity index (χ3v) is 3.77. The summed E-state index contributed by atoms with van der Waals surface area (Å²) in [5.41, 5.74) is 0.00721. The van der Waals surface area contributed by atoms with Crippen molar-refractivity contribution in [3.05, 3.63) is 32.8 Å². The maximum atomic E-state index is 11.4. The van der Waals surface area contributed by atoms with Gasteiger partial charge in [-0.2, -0.15) is 0 Å². The summed E-state index contributed by atoms with van der Waals surface area (Å²) < 4.78 is 0. The molecule has 7 heteroatoms. The fourth-order valence-electron chi connectivity index (χ4n) is 2.48. The van der Waals surface area contributed by atoms with Crippen molar-refractivity contribution in [3.8, 4) is 0 Å². The molecule has 0 atom stereocenters. The Morgan fingerprint density at radius 2 is 2.15 bits per heavy atom. The first-order valence-electron chi connectivity index (χ1n) is 6.17. The SMILES string of the molecule is CC1(C)CCN(c2c(Cl)cc([N+](=O)[O-])cc2C(=O)O)C1. The monoisotopic (exact) mass is 298 g/mol. The Bertz CT molecular complexity index is 586. The highest BCUT2D eigenvalue weighted by Gasteiger charge is 2.33. The molecule has 0 radical (unpaired) electrons. The molecule has 1 aromatic rings. The minimum Gasteiger partial charge on any atom is -0.478 e. The van der Waals surface area contributed by atoms with Gasteiger partial charge in [-0.3, -0.25) is 10.1 Å². The van der Waals surface area contributed by atoms with Crippen LogP contribution in [0.3, 0.4) is 0 Å². The predicted octanol–water partition coefficient (Wildman–Crippen LogP) is 3.18. The Kier molecular flexibility index (Phi) is 3.60. The molecule has 1 saturated heterocycles. The Morgan fingerprint density at radius 3 is 2.60 bits per heavy atom. The topological polar surface area (TPSA) is 83.7 Å². The molecule has 0 aliphatic carbocycles. The summed E-state index contributed by atoms with van der Waals surface area (Å²) in [6.07, 6.45) is 0.916. The Morgan fingerprint density at radius 1 is 1.50 bits per heavy atom. The second-order valence-electron chi connectivity index (χ2n) is 5.72. The van der Waals surface area contributed by atoms with E-state index in [0.29, 0.717) is 18.8 Å². The van der Waals surface area contributed by atoms with Gasteiger partial charge in [0.05, 0.1) is 21.2 Å². The Balaban J connectivity index is 2.52. The highest BCUT2D eigenvalue weighted by molar-refractivity contribution is 6.34. The van der Waals surface area contributed by atoms with Crippen LogP contribution in [-0.4, -0.2) is 29.1 Å². The van der Waals surface area contributed by atoms with Gasteiger partial charge in [0, 0.05) is 25.2 Å². The van der Waals surface area contributed by atoms with Crippen molar-refractivity contribution in [2.75, 3.05) is 18.0 Å². The number of rotatable bonds is 3. The lowest BCUT2D eigenvalue weighted by Gasteiger charge is -2.24. The van der Waals surface area contributed by atoms with E-state index in [0.717, 1.165) is 12.5 Å². The second kappa shape index (κ2) is 4.94. The number of carboxylic acids is 1. The first-order chi connectivity index (χ1) is 9.21. The van der Waals surface area contributed by atoms with E-state index in [1.807, 2.05) is 4.90 Å². The molecule has 0 bridgehead atoms. The van der Waals surface area contributed by atoms with Gasteiger partial charge < -0.3 is 10.0 Å². The molecular weight excluding hydrogens is 284 g/mol. The van der Waals surface area contributed by atoms with Gasteiger partial charge in [0.15, 0.2) is 0 Å². The fourth-order valence-corrected chi connectivity index (χ4v) is 2.81. The average molecular weight is 299 g/mol. The third-order valence-electron chi connectivity index (χ3n) is 3.48. The van der Waals surface area contributed by atoms with Crippen molar-refractivity contribution in [3.63, 3.8) is 0 Å². The summed E-state index contributed by atoms with van der Waals surface area (Å²) in [5.74, 6) is -1.21. The molecule has 1 aliphatic heterocycles. The van der Waals surface area contributed by atoms with Crippen molar-refractivity contribution in [1.29, 1.82) is 0 Å². The number of carboxylic acid groups (broad SMARTS) is 1. The van der Waals surface area contributed by atoms with E-state index >= 15 is 0 Å². The summed E-state index contributed by atoms with van der Waals surface area (Å²) >= 11 is 6.09. The number of nitro groups is 1. The van der Waals surface area contributed by atoms with Crippen molar-refractivity contribution >= 4 is 28.9 Å². The van der Waals surface area contributed by atoms with Crippen LogP contribution in [0.25, 0.3) is 0 Å². The molecule has 1 heterocycles. The van der Waals surface area contributed by atoms with Crippen LogP contribution in [0.15, 0.2) is 12.1 Å². The molecule has 20 heavy (non-hydrogen) atoms. The molecule has 6 nitrogen and oxygen atoms in total. The highest BCUT2D eigenvalue weighted by Crippen LogP contribution is 2.39. The van der Waals surface area contributed by atoms with Crippen LogP contribution in [-0.2, 0) is 0 Å². The molecule has 1 N–H and O–H groups in total. The van der Waals surface area contributed by atoms with E-state index in [1.165, 1.54) is 6.07 Å². The van der Waals surface area contributed by atoms with E-state index in [2.05, 4.69) is 13.8 Å². The molecule has 0 amide bonds. The molecule has 1 aromatic carbocycles. The van der Waals surface area contributed by atoms with Crippen molar-refractivity contribution in [2.45, 2.75) is 20.3 Å². The number of benzene rings is 1. The lowest BCUT2D eigenvalue weighted by molar-refractivity contribution is -0.384. The number of hydrogen-bond donors (Lipinski definition) is 1. The molecule has 0 unspecified atom stereocenters. The van der Waals surface area contributed by atoms with Gasteiger partial charge in [0.1, 0.15) is 0 Å². The zero-order valence-corrected chi connectivity index (χ0v) is 12.0. The van der Waals surface area contributed by atoms with E-state index in [-0.39, 0.29) is 21.7 Å². The van der Waals surface area contributed by atoms with E-state index in [9.17, 15) is 20.0 Å².